The number of benzene rings is 1. The smallest absolute Gasteiger partial charge is 0.338 e. The van der Waals surface area contributed by atoms with Gasteiger partial charge >= 0.3 is 5.97 Å². The molecule has 29 heavy (non-hydrogen) atoms. The lowest BCUT2D eigenvalue weighted by Gasteiger charge is -2.28. The third kappa shape index (κ3) is 5.41. The second-order valence-corrected chi connectivity index (χ2v) is 6.35. The minimum atomic E-state index is -0.556. The second kappa shape index (κ2) is 9.83. The molecule has 2 heterocycles. The van der Waals surface area contributed by atoms with E-state index in [-0.39, 0.29) is 30.2 Å². The Hall–Kier alpha value is -3.20. The van der Waals surface area contributed by atoms with Crippen molar-refractivity contribution in [2.75, 3.05) is 51.5 Å². The molecule has 1 aromatic heterocycles. The first kappa shape index (κ1) is 20.5. The van der Waals surface area contributed by atoms with Crippen molar-refractivity contribution in [3.63, 3.8) is 0 Å². The van der Waals surface area contributed by atoms with Crippen molar-refractivity contribution >= 4 is 17.7 Å². The van der Waals surface area contributed by atoms with Crippen LogP contribution in [0.2, 0.25) is 0 Å². The molecule has 9 heteroatoms. The van der Waals surface area contributed by atoms with Gasteiger partial charge in [0.25, 0.3) is 5.91 Å². The van der Waals surface area contributed by atoms with Crippen LogP contribution in [0.15, 0.2) is 30.3 Å². The molecule has 1 fully saturated rings. The number of hydrogen-bond acceptors (Lipinski definition) is 8. The van der Waals surface area contributed by atoms with Crippen LogP contribution < -0.4 is 15.0 Å². The molecule has 3 rings (SSSR count). The van der Waals surface area contributed by atoms with E-state index in [1.165, 1.54) is 7.11 Å². The molecule has 0 radical (unpaired) electrons. The highest BCUT2D eigenvalue weighted by Crippen LogP contribution is 2.18. The molecule has 2 aromatic rings. The number of esters is 1. The number of aromatic nitrogens is 2. The summed E-state index contributed by atoms with van der Waals surface area (Å²) in [5.41, 5.74) is 0.474. The molecule has 1 amide bonds. The van der Waals surface area contributed by atoms with E-state index in [4.69, 9.17) is 14.2 Å². The summed E-state index contributed by atoms with van der Waals surface area (Å²) in [5, 5.41) is 2.74. The Balaban J connectivity index is 1.55. The minimum Gasteiger partial charge on any atom is -0.476 e. The van der Waals surface area contributed by atoms with E-state index in [2.05, 4.69) is 20.2 Å². The Bertz CT molecular complexity index is 868. The first-order valence-electron chi connectivity index (χ1n) is 9.35. The van der Waals surface area contributed by atoms with Gasteiger partial charge < -0.3 is 24.4 Å². The maximum absolute atomic E-state index is 12.4. The van der Waals surface area contributed by atoms with E-state index in [0.29, 0.717) is 24.9 Å². The van der Waals surface area contributed by atoms with Crippen LogP contribution in [-0.4, -0.2) is 68.4 Å². The van der Waals surface area contributed by atoms with Crippen LogP contribution in [0.25, 0.3) is 0 Å². The van der Waals surface area contributed by atoms with Crippen molar-refractivity contribution in [2.45, 2.75) is 6.92 Å². The van der Waals surface area contributed by atoms with Crippen molar-refractivity contribution < 1.29 is 23.8 Å². The number of carbonyl (C=O) groups is 2. The Morgan fingerprint density at radius 3 is 2.62 bits per heavy atom. The van der Waals surface area contributed by atoms with Crippen LogP contribution in [0, 0.1) is 6.92 Å². The highest BCUT2D eigenvalue weighted by Gasteiger charge is 2.17. The fraction of sp³-hybridized carbons (Fsp3) is 0.400. The number of nitrogens with one attached hydrogen (secondary N) is 1. The lowest BCUT2D eigenvalue weighted by molar-refractivity contribution is 0.0596. The molecule has 0 saturated carbocycles. The average molecular weight is 400 g/mol. The number of anilines is 1. The number of carbonyl (C=O) groups excluding carboxylic acids is 2. The molecule has 154 valence electrons. The van der Waals surface area contributed by atoms with Gasteiger partial charge in [0.2, 0.25) is 5.88 Å². The van der Waals surface area contributed by atoms with E-state index in [1.807, 2.05) is 6.92 Å². The van der Waals surface area contributed by atoms with Crippen LogP contribution in [0.4, 0.5) is 5.82 Å². The quantitative estimate of drug-likeness (QED) is 0.547. The Morgan fingerprint density at radius 2 is 1.90 bits per heavy atom. The van der Waals surface area contributed by atoms with Crippen LogP contribution in [0.5, 0.6) is 5.88 Å². The zero-order valence-corrected chi connectivity index (χ0v) is 16.5. The maximum Gasteiger partial charge on any atom is 0.338 e. The van der Waals surface area contributed by atoms with Gasteiger partial charge in [-0.3, -0.25) is 4.79 Å². The van der Waals surface area contributed by atoms with Gasteiger partial charge in [0, 0.05) is 19.2 Å². The van der Waals surface area contributed by atoms with Gasteiger partial charge in [0.15, 0.2) is 0 Å². The molecule has 0 spiro atoms. The highest BCUT2D eigenvalue weighted by molar-refractivity contribution is 6.05. The standard InChI is InChI=1S/C20H24N4O5/c1-14-22-17(24-8-11-28-12-9-24)13-18(23-14)29-10-7-21-19(25)15-5-3-4-6-16(15)20(26)27-2/h3-6,13H,7-12H2,1-2H3,(H,21,25). The number of methoxy groups -OCH3 is 1. The Kier molecular flexibility index (Phi) is 6.96. The van der Waals surface area contributed by atoms with Crippen LogP contribution >= 0.6 is 0 Å². The van der Waals surface area contributed by atoms with Crippen molar-refractivity contribution in [1.82, 2.24) is 15.3 Å². The number of morpholine rings is 1. The van der Waals surface area contributed by atoms with Crippen LogP contribution in [-0.2, 0) is 9.47 Å². The molecule has 1 saturated heterocycles. The predicted molar refractivity (Wildman–Crippen MR) is 105 cm³/mol. The number of hydrogen-bond donors (Lipinski definition) is 1. The van der Waals surface area contributed by atoms with Crippen molar-refractivity contribution in [3.05, 3.63) is 47.3 Å². The normalized spacial score (nSPS) is 13.7. The first-order chi connectivity index (χ1) is 14.1. The predicted octanol–water partition coefficient (Wildman–Crippen LogP) is 1.22. The number of rotatable bonds is 7. The molecular formula is C20H24N4O5. The molecule has 1 aliphatic heterocycles. The average Bonchev–Trinajstić information content (AvgIpc) is 2.76. The third-order valence-electron chi connectivity index (χ3n) is 4.35. The van der Waals surface area contributed by atoms with Crippen LogP contribution in [0.3, 0.4) is 0 Å². The summed E-state index contributed by atoms with van der Waals surface area (Å²) in [6, 6.07) is 8.27. The largest absolute Gasteiger partial charge is 0.476 e. The summed E-state index contributed by atoms with van der Waals surface area (Å²) in [6.07, 6.45) is 0. The lowest BCUT2D eigenvalue weighted by Crippen LogP contribution is -2.37. The van der Waals surface area contributed by atoms with Crippen molar-refractivity contribution in [2.24, 2.45) is 0 Å². The minimum absolute atomic E-state index is 0.218. The number of amides is 1. The van der Waals surface area contributed by atoms with Gasteiger partial charge in [0.05, 0.1) is 38.0 Å². The molecule has 0 unspecified atom stereocenters. The maximum atomic E-state index is 12.4. The van der Waals surface area contributed by atoms with E-state index < -0.39 is 5.97 Å². The zero-order valence-electron chi connectivity index (χ0n) is 16.5. The molecular weight excluding hydrogens is 376 g/mol. The summed E-state index contributed by atoms with van der Waals surface area (Å²) >= 11 is 0. The molecule has 9 nitrogen and oxygen atoms in total. The summed E-state index contributed by atoms with van der Waals surface area (Å²) in [4.78, 5) is 35.1. The molecule has 1 N–H and O–H groups in total. The number of ether oxygens (including phenoxy) is 3. The monoisotopic (exact) mass is 400 g/mol. The topological polar surface area (TPSA) is 103 Å². The third-order valence-corrected chi connectivity index (χ3v) is 4.35. The Labute approximate surface area is 169 Å². The summed E-state index contributed by atoms with van der Waals surface area (Å²) < 4.78 is 15.8. The van der Waals surface area contributed by atoms with Gasteiger partial charge in [-0.25, -0.2) is 9.78 Å². The zero-order chi connectivity index (χ0) is 20.6. The Morgan fingerprint density at radius 1 is 1.17 bits per heavy atom. The van der Waals surface area contributed by atoms with Crippen LogP contribution in [0.1, 0.15) is 26.5 Å². The highest BCUT2D eigenvalue weighted by atomic mass is 16.5. The lowest BCUT2D eigenvalue weighted by atomic mass is 10.1. The van der Waals surface area contributed by atoms with Crippen molar-refractivity contribution in [3.8, 4) is 5.88 Å². The summed E-state index contributed by atoms with van der Waals surface area (Å²) in [6.45, 7) is 5.16. The van der Waals surface area contributed by atoms with E-state index >= 15 is 0 Å². The van der Waals surface area contributed by atoms with Crippen molar-refractivity contribution in [1.29, 1.82) is 0 Å². The fourth-order valence-corrected chi connectivity index (χ4v) is 2.94. The molecule has 0 aliphatic carbocycles. The molecule has 1 aliphatic rings. The van der Waals surface area contributed by atoms with E-state index in [1.54, 1.807) is 30.3 Å². The molecule has 0 bridgehead atoms. The van der Waals surface area contributed by atoms with E-state index in [0.717, 1.165) is 18.9 Å². The van der Waals surface area contributed by atoms with Gasteiger partial charge in [-0.15, -0.1) is 0 Å². The number of aryl methyl sites for hydroxylation is 1. The van der Waals surface area contributed by atoms with Gasteiger partial charge in [-0.05, 0) is 19.1 Å². The van der Waals surface area contributed by atoms with E-state index in [9.17, 15) is 9.59 Å². The SMILES string of the molecule is COC(=O)c1ccccc1C(=O)NCCOc1cc(N2CCOCC2)nc(C)n1. The number of nitrogens with zero attached hydrogens (tertiary/aromatic N) is 3. The summed E-state index contributed by atoms with van der Waals surface area (Å²) in [5.74, 6) is 0.927. The molecule has 1 aromatic carbocycles. The second-order valence-electron chi connectivity index (χ2n) is 6.35. The first-order valence-corrected chi connectivity index (χ1v) is 9.35. The van der Waals surface area contributed by atoms with Gasteiger partial charge in [0.1, 0.15) is 18.2 Å². The molecule has 0 atom stereocenters. The fourth-order valence-electron chi connectivity index (χ4n) is 2.94. The summed E-state index contributed by atoms with van der Waals surface area (Å²) in [7, 11) is 1.28. The van der Waals surface area contributed by atoms with Gasteiger partial charge in [-0.2, -0.15) is 4.98 Å². The van der Waals surface area contributed by atoms with Gasteiger partial charge in [-0.1, -0.05) is 12.1 Å².